The molecule has 0 aromatic heterocycles. The molecule has 1 aliphatic rings. The number of aliphatic imine (C=N–C) groups is 1. The third kappa shape index (κ3) is 1.97. The number of methoxy groups -OCH3 is 1. The van der Waals surface area contributed by atoms with E-state index in [1.165, 1.54) is 0 Å². The average molecular weight is 252 g/mol. The van der Waals surface area contributed by atoms with Crippen LogP contribution in [0.5, 0.6) is 5.75 Å². The fourth-order valence-corrected chi connectivity index (χ4v) is 2.06. The zero-order chi connectivity index (χ0) is 13.2. The first kappa shape index (κ1) is 11.5. The summed E-state index contributed by atoms with van der Waals surface area (Å²) in [6.45, 7) is 0. The number of nitrogens with one attached hydrogen (secondary N) is 1. The molecule has 0 atom stereocenters. The number of hydrogen-bond donors (Lipinski definition) is 1. The smallest absolute Gasteiger partial charge is 0.275 e. The van der Waals surface area contributed by atoms with Gasteiger partial charge in [0, 0.05) is 5.56 Å². The number of ether oxygens (including phenoxy) is 1. The van der Waals surface area contributed by atoms with Gasteiger partial charge in [0.25, 0.3) is 5.91 Å². The van der Waals surface area contributed by atoms with Gasteiger partial charge in [-0.25, -0.2) is 4.99 Å². The minimum absolute atomic E-state index is 0.188. The van der Waals surface area contributed by atoms with E-state index >= 15 is 0 Å². The second-order valence-electron chi connectivity index (χ2n) is 4.13. The first-order chi connectivity index (χ1) is 9.29. The molecular formula is C15H12N2O2. The van der Waals surface area contributed by atoms with E-state index in [1.54, 1.807) is 7.11 Å². The molecule has 3 rings (SSSR count). The van der Waals surface area contributed by atoms with Gasteiger partial charge in [0.05, 0.1) is 12.8 Å². The van der Waals surface area contributed by atoms with Crippen molar-refractivity contribution in [3.63, 3.8) is 0 Å². The Morgan fingerprint density at radius 2 is 1.79 bits per heavy atom. The summed E-state index contributed by atoms with van der Waals surface area (Å²) < 4.78 is 5.24. The van der Waals surface area contributed by atoms with Crippen LogP contribution in [0.15, 0.2) is 53.5 Å². The molecule has 0 fully saturated rings. The van der Waals surface area contributed by atoms with Gasteiger partial charge in [0.2, 0.25) is 0 Å². The molecule has 2 aromatic rings. The molecule has 1 N–H and O–H groups in total. The van der Waals surface area contributed by atoms with Gasteiger partial charge < -0.3 is 10.1 Å². The number of fused-ring (bicyclic) bond motifs is 1. The molecule has 4 heteroatoms. The lowest BCUT2D eigenvalue weighted by Crippen LogP contribution is -2.13. The molecule has 0 saturated heterocycles. The maximum atomic E-state index is 12.0. The van der Waals surface area contributed by atoms with Crippen molar-refractivity contribution in [2.45, 2.75) is 0 Å². The van der Waals surface area contributed by atoms with Crippen molar-refractivity contribution in [3.8, 4) is 5.75 Å². The van der Waals surface area contributed by atoms with E-state index in [0.29, 0.717) is 17.1 Å². The zero-order valence-electron chi connectivity index (χ0n) is 10.4. The van der Waals surface area contributed by atoms with Crippen molar-refractivity contribution in [1.29, 1.82) is 0 Å². The predicted octanol–water partition coefficient (Wildman–Crippen LogP) is 2.77. The number of nitrogens with zero attached hydrogens (tertiary/aromatic N) is 1. The summed E-state index contributed by atoms with van der Waals surface area (Å²) in [6, 6.07) is 14.9. The second kappa shape index (κ2) is 4.57. The number of benzene rings is 2. The quantitative estimate of drug-likeness (QED) is 0.893. The van der Waals surface area contributed by atoms with E-state index in [1.807, 2.05) is 48.5 Å². The topological polar surface area (TPSA) is 50.7 Å². The Bertz CT molecular complexity index is 677. The van der Waals surface area contributed by atoms with E-state index in [0.717, 1.165) is 11.3 Å². The molecule has 0 radical (unpaired) electrons. The lowest BCUT2D eigenvalue weighted by atomic mass is 10.1. The summed E-state index contributed by atoms with van der Waals surface area (Å²) in [5.74, 6) is 0.458. The molecule has 2 aromatic carbocycles. The molecule has 0 spiro atoms. The van der Waals surface area contributed by atoms with Crippen molar-refractivity contribution in [2.75, 3.05) is 12.4 Å². The van der Waals surface area contributed by atoms with Crippen LogP contribution in [0.2, 0.25) is 0 Å². The number of rotatable bonds is 2. The van der Waals surface area contributed by atoms with E-state index in [9.17, 15) is 4.79 Å². The van der Waals surface area contributed by atoms with Crippen LogP contribution in [0.3, 0.4) is 0 Å². The maximum Gasteiger partial charge on any atom is 0.275 e. The van der Waals surface area contributed by atoms with Crippen LogP contribution in [0.4, 0.5) is 11.4 Å². The molecule has 19 heavy (non-hydrogen) atoms. The van der Waals surface area contributed by atoms with Crippen LogP contribution in [-0.4, -0.2) is 18.7 Å². The zero-order valence-corrected chi connectivity index (χ0v) is 10.4. The summed E-state index contributed by atoms with van der Waals surface area (Å²) in [4.78, 5) is 16.4. The largest absolute Gasteiger partial charge is 0.494 e. The molecule has 94 valence electrons. The Hall–Kier alpha value is -2.62. The Kier molecular flexibility index (Phi) is 2.76. The van der Waals surface area contributed by atoms with Crippen LogP contribution in [-0.2, 0) is 4.79 Å². The fourth-order valence-electron chi connectivity index (χ4n) is 2.06. The fraction of sp³-hybridized carbons (Fsp3) is 0.0667. The molecule has 0 bridgehead atoms. The Balaban J connectivity index is 2.11. The van der Waals surface area contributed by atoms with E-state index in [2.05, 4.69) is 10.3 Å². The van der Waals surface area contributed by atoms with Gasteiger partial charge >= 0.3 is 0 Å². The van der Waals surface area contributed by atoms with Gasteiger partial charge in [-0.15, -0.1) is 0 Å². The highest BCUT2D eigenvalue weighted by atomic mass is 16.5. The monoisotopic (exact) mass is 252 g/mol. The SMILES string of the molecule is COc1ccccc1N=C1C(=O)Nc2ccccc21. The highest BCUT2D eigenvalue weighted by molar-refractivity contribution is 6.54. The number of para-hydroxylation sites is 3. The Labute approximate surface area is 110 Å². The molecule has 1 heterocycles. The van der Waals surface area contributed by atoms with E-state index < -0.39 is 0 Å². The average Bonchev–Trinajstić information content (AvgIpc) is 2.76. The van der Waals surface area contributed by atoms with E-state index in [-0.39, 0.29) is 5.91 Å². The van der Waals surface area contributed by atoms with Gasteiger partial charge in [0.1, 0.15) is 17.1 Å². The van der Waals surface area contributed by atoms with Gasteiger partial charge in [0.15, 0.2) is 0 Å². The first-order valence-corrected chi connectivity index (χ1v) is 5.92. The predicted molar refractivity (Wildman–Crippen MR) is 74.3 cm³/mol. The minimum atomic E-state index is -0.188. The molecule has 0 aliphatic carbocycles. The van der Waals surface area contributed by atoms with E-state index in [4.69, 9.17) is 4.74 Å². The van der Waals surface area contributed by atoms with Gasteiger partial charge in [-0.2, -0.15) is 0 Å². The lowest BCUT2D eigenvalue weighted by molar-refractivity contribution is -0.110. The van der Waals surface area contributed by atoms with Crippen molar-refractivity contribution < 1.29 is 9.53 Å². The van der Waals surface area contributed by atoms with Crippen molar-refractivity contribution in [2.24, 2.45) is 4.99 Å². The normalized spacial score (nSPS) is 15.2. The summed E-state index contributed by atoms with van der Waals surface area (Å²) in [5.41, 5.74) is 2.67. The minimum Gasteiger partial charge on any atom is -0.494 e. The maximum absolute atomic E-state index is 12.0. The summed E-state index contributed by atoms with van der Waals surface area (Å²) in [6.07, 6.45) is 0. The summed E-state index contributed by atoms with van der Waals surface area (Å²) >= 11 is 0. The van der Waals surface area contributed by atoms with Gasteiger partial charge in [-0.1, -0.05) is 30.3 Å². The molecule has 4 nitrogen and oxygen atoms in total. The second-order valence-corrected chi connectivity index (χ2v) is 4.13. The van der Waals surface area contributed by atoms with Crippen molar-refractivity contribution >= 4 is 23.0 Å². The summed E-state index contributed by atoms with van der Waals surface area (Å²) in [5, 5.41) is 2.79. The number of hydrogen-bond acceptors (Lipinski definition) is 3. The Morgan fingerprint density at radius 1 is 1.05 bits per heavy atom. The standard InChI is InChI=1S/C15H12N2O2/c1-19-13-9-5-4-8-12(13)16-14-10-6-2-3-7-11(10)17-15(14)18/h2-9H,1H3,(H,16,17,18). The van der Waals surface area contributed by atoms with Crippen LogP contribution >= 0.6 is 0 Å². The number of carbonyl (C=O) groups excluding carboxylic acids is 1. The summed E-state index contributed by atoms with van der Waals surface area (Å²) in [7, 11) is 1.59. The first-order valence-electron chi connectivity index (χ1n) is 5.92. The third-order valence-corrected chi connectivity index (χ3v) is 2.96. The highest BCUT2D eigenvalue weighted by Crippen LogP contribution is 2.30. The molecular weight excluding hydrogens is 240 g/mol. The van der Waals surface area contributed by atoms with Gasteiger partial charge in [-0.05, 0) is 18.2 Å². The van der Waals surface area contributed by atoms with Crippen molar-refractivity contribution in [3.05, 3.63) is 54.1 Å². The molecule has 1 aliphatic heterocycles. The van der Waals surface area contributed by atoms with Gasteiger partial charge in [-0.3, -0.25) is 4.79 Å². The molecule has 1 amide bonds. The molecule has 0 saturated carbocycles. The number of carbonyl (C=O) groups is 1. The van der Waals surface area contributed by atoms with Crippen molar-refractivity contribution in [1.82, 2.24) is 0 Å². The number of amides is 1. The number of anilines is 1. The molecule has 0 unspecified atom stereocenters. The lowest BCUT2D eigenvalue weighted by Gasteiger charge is -2.04. The third-order valence-electron chi connectivity index (χ3n) is 2.96. The van der Waals surface area contributed by atoms with Crippen LogP contribution in [0, 0.1) is 0 Å². The van der Waals surface area contributed by atoms with Crippen LogP contribution in [0.1, 0.15) is 5.56 Å². The van der Waals surface area contributed by atoms with Crippen LogP contribution in [0.25, 0.3) is 0 Å². The van der Waals surface area contributed by atoms with Crippen LogP contribution < -0.4 is 10.1 Å². The highest BCUT2D eigenvalue weighted by Gasteiger charge is 2.25. The Morgan fingerprint density at radius 3 is 2.63 bits per heavy atom.